The molecule has 1 aromatic carbocycles. The van der Waals surface area contributed by atoms with Crippen LogP contribution in [0.5, 0.6) is 0 Å². The zero-order valence-electron chi connectivity index (χ0n) is 11.0. The average molecular weight is 310 g/mol. The third-order valence-corrected chi connectivity index (χ3v) is 4.88. The zero-order valence-corrected chi connectivity index (χ0v) is 12.6. The fraction of sp³-hybridized carbons (Fsp3) is 0.462. The average Bonchev–Trinajstić information content (AvgIpc) is 3.11. The van der Waals surface area contributed by atoms with Gasteiger partial charge in [-0.3, -0.25) is 0 Å². The van der Waals surface area contributed by atoms with Gasteiger partial charge in [0.1, 0.15) is 0 Å². The van der Waals surface area contributed by atoms with Crippen LogP contribution < -0.4 is 5.73 Å². The minimum absolute atomic E-state index is 0.432. The van der Waals surface area contributed by atoms with Crippen LogP contribution in [0.15, 0.2) is 28.3 Å². The first-order valence-electron chi connectivity index (χ1n) is 6.72. The van der Waals surface area contributed by atoms with Crippen molar-refractivity contribution in [3.8, 4) is 0 Å². The Balaban J connectivity index is 1.86. The van der Waals surface area contributed by atoms with E-state index in [1.54, 1.807) is 11.8 Å². The summed E-state index contributed by atoms with van der Waals surface area (Å²) in [5, 5.41) is 13.6. The van der Waals surface area contributed by atoms with Crippen molar-refractivity contribution in [2.75, 3.05) is 0 Å². The molecule has 1 aliphatic carbocycles. The van der Waals surface area contributed by atoms with Gasteiger partial charge in [-0.25, -0.2) is 4.68 Å². The lowest BCUT2D eigenvalue weighted by Crippen LogP contribution is -2.08. The molecule has 2 N–H and O–H groups in total. The molecule has 1 fully saturated rings. The van der Waals surface area contributed by atoms with E-state index in [1.807, 2.05) is 22.9 Å². The van der Waals surface area contributed by atoms with Crippen LogP contribution in [0.25, 0.3) is 0 Å². The molecule has 0 aliphatic heterocycles. The molecule has 1 aromatic heterocycles. The molecule has 0 unspecified atom stereocenters. The van der Waals surface area contributed by atoms with Crippen LogP contribution in [-0.2, 0) is 6.54 Å². The fourth-order valence-corrected chi connectivity index (χ4v) is 3.69. The Labute approximate surface area is 126 Å². The number of nitrogens with two attached hydrogens (primary N) is 1. The molecule has 0 atom stereocenters. The predicted molar refractivity (Wildman–Crippen MR) is 78.8 cm³/mol. The highest BCUT2D eigenvalue weighted by Gasteiger charge is 2.22. The van der Waals surface area contributed by atoms with Gasteiger partial charge in [-0.15, -0.1) is 5.10 Å². The first-order valence-corrected chi connectivity index (χ1v) is 7.91. The quantitative estimate of drug-likeness (QED) is 0.940. The van der Waals surface area contributed by atoms with Crippen molar-refractivity contribution in [1.29, 1.82) is 0 Å². The van der Waals surface area contributed by atoms with E-state index in [9.17, 15) is 0 Å². The van der Waals surface area contributed by atoms with Gasteiger partial charge in [-0.05, 0) is 58.8 Å². The van der Waals surface area contributed by atoms with Crippen molar-refractivity contribution >= 4 is 23.4 Å². The van der Waals surface area contributed by atoms with E-state index in [-0.39, 0.29) is 0 Å². The van der Waals surface area contributed by atoms with Crippen molar-refractivity contribution in [1.82, 2.24) is 20.2 Å². The molecule has 106 valence electrons. The van der Waals surface area contributed by atoms with E-state index in [0.717, 1.165) is 28.5 Å². The summed E-state index contributed by atoms with van der Waals surface area (Å²) in [5.41, 5.74) is 6.80. The van der Waals surface area contributed by atoms with Crippen LogP contribution in [-0.4, -0.2) is 20.2 Å². The molecular weight excluding hydrogens is 294 g/mol. The summed E-state index contributed by atoms with van der Waals surface area (Å²) in [6.07, 6.45) is 4.82. The predicted octanol–water partition coefficient (Wildman–Crippen LogP) is 3.05. The lowest BCUT2D eigenvalue weighted by molar-refractivity contribution is 0.423. The van der Waals surface area contributed by atoms with Crippen LogP contribution in [0.3, 0.4) is 0 Å². The van der Waals surface area contributed by atoms with Crippen LogP contribution >= 0.6 is 23.4 Å². The summed E-state index contributed by atoms with van der Waals surface area (Å²) in [4.78, 5) is 1.06. The zero-order chi connectivity index (χ0) is 13.9. The maximum atomic E-state index is 6.00. The van der Waals surface area contributed by atoms with Crippen molar-refractivity contribution in [2.45, 2.75) is 48.3 Å². The normalized spacial score (nSPS) is 15.9. The third kappa shape index (κ3) is 2.82. The van der Waals surface area contributed by atoms with Crippen LogP contribution in [0.2, 0.25) is 5.02 Å². The van der Waals surface area contributed by atoms with Crippen molar-refractivity contribution < 1.29 is 0 Å². The van der Waals surface area contributed by atoms with E-state index in [0.29, 0.717) is 17.6 Å². The van der Waals surface area contributed by atoms with Gasteiger partial charge >= 0.3 is 0 Å². The summed E-state index contributed by atoms with van der Waals surface area (Å²) in [6.45, 7) is 0.452. The van der Waals surface area contributed by atoms with E-state index in [1.165, 1.54) is 12.8 Å². The lowest BCUT2D eigenvalue weighted by Gasteiger charge is -2.12. The monoisotopic (exact) mass is 309 g/mol. The molecule has 1 saturated carbocycles. The van der Waals surface area contributed by atoms with Crippen molar-refractivity contribution in [2.24, 2.45) is 5.73 Å². The summed E-state index contributed by atoms with van der Waals surface area (Å²) in [5.74, 6) is 0. The minimum atomic E-state index is 0.432. The number of benzene rings is 1. The highest BCUT2D eigenvalue weighted by Crippen LogP contribution is 2.35. The molecule has 0 amide bonds. The molecule has 5 nitrogen and oxygen atoms in total. The third-order valence-electron chi connectivity index (χ3n) is 3.58. The first kappa shape index (κ1) is 13.9. The van der Waals surface area contributed by atoms with Gasteiger partial charge < -0.3 is 5.73 Å². The number of hydrogen-bond acceptors (Lipinski definition) is 5. The maximum absolute atomic E-state index is 6.00. The highest BCUT2D eigenvalue weighted by atomic mass is 35.5. The van der Waals surface area contributed by atoms with Gasteiger partial charge in [-0.2, -0.15) is 0 Å². The van der Waals surface area contributed by atoms with E-state index >= 15 is 0 Å². The Morgan fingerprint density at radius 1 is 1.35 bits per heavy atom. The van der Waals surface area contributed by atoms with E-state index in [4.69, 9.17) is 17.3 Å². The molecule has 3 rings (SSSR count). The summed E-state index contributed by atoms with van der Waals surface area (Å²) in [6, 6.07) is 6.17. The molecule has 20 heavy (non-hydrogen) atoms. The number of hydrogen-bond donors (Lipinski definition) is 1. The van der Waals surface area contributed by atoms with Crippen LogP contribution in [0, 0.1) is 0 Å². The fourth-order valence-electron chi connectivity index (χ4n) is 2.54. The Hall–Kier alpha value is -1.11. The smallest absolute Gasteiger partial charge is 0.214 e. The van der Waals surface area contributed by atoms with Gasteiger partial charge in [0.15, 0.2) is 0 Å². The minimum Gasteiger partial charge on any atom is -0.326 e. The standard InChI is InChI=1S/C13H16ClN5S/c14-10-5-6-12(9(7-10)8-15)20-13-16-17-18-19(13)11-3-1-2-4-11/h5-7,11H,1-4,8,15H2. The molecule has 7 heteroatoms. The summed E-state index contributed by atoms with van der Waals surface area (Å²) < 4.78 is 1.95. The highest BCUT2D eigenvalue weighted by molar-refractivity contribution is 7.99. The lowest BCUT2D eigenvalue weighted by atomic mass is 10.2. The number of tetrazole rings is 1. The molecule has 2 aromatic rings. The Kier molecular flexibility index (Phi) is 4.24. The number of rotatable bonds is 4. The number of aromatic nitrogens is 4. The first-order chi connectivity index (χ1) is 9.78. The van der Waals surface area contributed by atoms with Gasteiger partial charge in [0, 0.05) is 16.5 Å². The maximum Gasteiger partial charge on any atom is 0.214 e. The van der Waals surface area contributed by atoms with Gasteiger partial charge in [-0.1, -0.05) is 24.4 Å². The Morgan fingerprint density at radius 2 is 2.15 bits per heavy atom. The SMILES string of the molecule is NCc1cc(Cl)ccc1Sc1nnnn1C1CCCC1. The van der Waals surface area contributed by atoms with Gasteiger partial charge in [0.05, 0.1) is 6.04 Å². The van der Waals surface area contributed by atoms with Gasteiger partial charge in [0.25, 0.3) is 0 Å². The van der Waals surface area contributed by atoms with E-state index < -0.39 is 0 Å². The molecular formula is C13H16ClN5S. The summed E-state index contributed by atoms with van der Waals surface area (Å²) >= 11 is 7.56. The van der Waals surface area contributed by atoms with Crippen molar-refractivity contribution in [3.05, 3.63) is 28.8 Å². The van der Waals surface area contributed by atoms with Crippen LogP contribution in [0.4, 0.5) is 0 Å². The topological polar surface area (TPSA) is 69.6 Å². The Bertz CT molecular complexity index is 594. The Morgan fingerprint density at radius 3 is 2.90 bits per heavy atom. The molecule has 0 bridgehead atoms. The molecule has 0 saturated heterocycles. The van der Waals surface area contributed by atoms with Gasteiger partial charge in [0.2, 0.25) is 5.16 Å². The molecule has 1 aliphatic rings. The van der Waals surface area contributed by atoms with E-state index in [2.05, 4.69) is 15.5 Å². The number of halogens is 1. The molecule has 0 radical (unpaired) electrons. The molecule has 1 heterocycles. The number of nitrogens with zero attached hydrogens (tertiary/aromatic N) is 4. The van der Waals surface area contributed by atoms with Crippen molar-refractivity contribution in [3.63, 3.8) is 0 Å². The summed E-state index contributed by atoms with van der Waals surface area (Å²) in [7, 11) is 0. The second-order valence-corrected chi connectivity index (χ2v) is 6.35. The second kappa shape index (κ2) is 6.11. The molecule has 0 spiro atoms. The largest absolute Gasteiger partial charge is 0.326 e. The van der Waals surface area contributed by atoms with Crippen LogP contribution in [0.1, 0.15) is 37.3 Å². The second-order valence-electron chi connectivity index (χ2n) is 4.90.